The fourth-order valence-corrected chi connectivity index (χ4v) is 1.37. The van der Waals surface area contributed by atoms with E-state index in [1.807, 2.05) is 20.8 Å². The summed E-state index contributed by atoms with van der Waals surface area (Å²) in [5.74, 6) is -0.102. The van der Waals surface area contributed by atoms with E-state index in [1.54, 1.807) is 0 Å². The largest absolute Gasteiger partial charge is 0.508 e. The number of H-pyrrole nitrogens is 1. The lowest BCUT2D eigenvalue weighted by Gasteiger charge is -2.14. The van der Waals surface area contributed by atoms with Crippen molar-refractivity contribution in [2.45, 2.75) is 32.5 Å². The van der Waals surface area contributed by atoms with E-state index in [2.05, 4.69) is 14.9 Å². The van der Waals surface area contributed by atoms with Gasteiger partial charge in [-0.2, -0.15) is 18.3 Å². The highest BCUT2D eigenvalue weighted by Gasteiger charge is 2.35. The standard InChI is InChI=1S/C8H5F3N2O.C5H10O2/c9-8(10,11)7-5-2-1-4(14)3-6(5)12-13-7;1-5(2,3)7-4-6/h1-3,14H,(H,12,13);4H,1-3H3. The molecule has 0 aliphatic carbocycles. The fourth-order valence-electron chi connectivity index (χ4n) is 1.37. The molecule has 1 aromatic heterocycles. The third-order valence-electron chi connectivity index (χ3n) is 2.22. The number of nitrogens with one attached hydrogen (secondary N) is 1. The Bertz CT molecular complexity index is 615. The van der Waals surface area contributed by atoms with Crippen molar-refractivity contribution in [3.05, 3.63) is 23.9 Å². The summed E-state index contributed by atoms with van der Waals surface area (Å²) in [4.78, 5) is 9.60. The molecular formula is C13H15F3N2O3. The van der Waals surface area contributed by atoms with Gasteiger partial charge in [0.05, 0.1) is 5.52 Å². The van der Waals surface area contributed by atoms with Gasteiger partial charge in [-0.25, -0.2) is 0 Å². The minimum Gasteiger partial charge on any atom is -0.508 e. The molecule has 0 unspecified atom stereocenters. The fraction of sp³-hybridized carbons (Fsp3) is 0.385. The van der Waals surface area contributed by atoms with Gasteiger partial charge in [-0.15, -0.1) is 0 Å². The average molecular weight is 304 g/mol. The van der Waals surface area contributed by atoms with Crippen LogP contribution in [-0.2, 0) is 15.7 Å². The number of alkyl halides is 3. The molecule has 8 heteroatoms. The molecule has 1 aromatic carbocycles. The zero-order valence-electron chi connectivity index (χ0n) is 11.7. The van der Waals surface area contributed by atoms with Gasteiger partial charge in [0.25, 0.3) is 6.47 Å². The van der Waals surface area contributed by atoms with Gasteiger partial charge < -0.3 is 9.84 Å². The first-order chi connectivity index (χ1) is 9.54. The summed E-state index contributed by atoms with van der Waals surface area (Å²) < 4.78 is 41.5. The number of rotatable bonds is 1. The number of benzene rings is 1. The second kappa shape index (κ2) is 6.02. The summed E-state index contributed by atoms with van der Waals surface area (Å²) in [6, 6.07) is 3.56. The van der Waals surface area contributed by atoms with Gasteiger partial charge >= 0.3 is 6.18 Å². The highest BCUT2D eigenvalue weighted by atomic mass is 19.4. The SMILES string of the molecule is CC(C)(C)OC=O.Oc1ccc2c(C(F)(F)F)n[nH]c2c1. The molecule has 0 spiro atoms. The van der Waals surface area contributed by atoms with Crippen molar-refractivity contribution in [1.82, 2.24) is 10.2 Å². The number of ether oxygens (including phenoxy) is 1. The molecule has 2 aromatic rings. The Labute approximate surface area is 118 Å². The number of carbonyl (C=O) groups excluding carboxylic acids is 1. The number of aromatic nitrogens is 2. The van der Waals surface area contributed by atoms with Crippen LogP contribution in [0.3, 0.4) is 0 Å². The summed E-state index contributed by atoms with van der Waals surface area (Å²) in [6.07, 6.45) is -4.48. The number of phenols is 1. The third-order valence-corrected chi connectivity index (χ3v) is 2.22. The molecule has 0 saturated carbocycles. The van der Waals surface area contributed by atoms with Crippen molar-refractivity contribution in [3.8, 4) is 5.75 Å². The topological polar surface area (TPSA) is 75.2 Å². The molecular weight excluding hydrogens is 289 g/mol. The molecule has 2 N–H and O–H groups in total. The van der Waals surface area contributed by atoms with Crippen LogP contribution in [0.1, 0.15) is 26.5 Å². The van der Waals surface area contributed by atoms with Gasteiger partial charge in [-0.3, -0.25) is 9.89 Å². The summed E-state index contributed by atoms with van der Waals surface area (Å²) in [5.41, 5.74) is -1.12. The van der Waals surface area contributed by atoms with Crippen LogP contribution in [0.5, 0.6) is 5.75 Å². The molecule has 2 rings (SSSR count). The van der Waals surface area contributed by atoms with Gasteiger partial charge in [0.1, 0.15) is 11.4 Å². The van der Waals surface area contributed by atoms with E-state index in [-0.39, 0.29) is 22.3 Å². The molecule has 116 valence electrons. The van der Waals surface area contributed by atoms with Crippen molar-refractivity contribution >= 4 is 17.4 Å². The van der Waals surface area contributed by atoms with E-state index in [0.29, 0.717) is 6.47 Å². The first-order valence-corrected chi connectivity index (χ1v) is 5.90. The van der Waals surface area contributed by atoms with Crippen molar-refractivity contribution in [2.75, 3.05) is 0 Å². The molecule has 0 aliphatic rings. The van der Waals surface area contributed by atoms with Crippen LogP contribution in [0.25, 0.3) is 10.9 Å². The molecule has 0 radical (unpaired) electrons. The van der Waals surface area contributed by atoms with E-state index in [4.69, 9.17) is 5.11 Å². The number of nitrogens with zero attached hydrogens (tertiary/aromatic N) is 1. The lowest BCUT2D eigenvalue weighted by atomic mass is 10.2. The second-order valence-corrected chi connectivity index (χ2v) is 5.13. The van der Waals surface area contributed by atoms with Crippen molar-refractivity contribution < 1.29 is 27.8 Å². The first-order valence-electron chi connectivity index (χ1n) is 5.90. The van der Waals surface area contributed by atoms with E-state index in [1.165, 1.54) is 18.2 Å². The van der Waals surface area contributed by atoms with Crippen molar-refractivity contribution in [2.24, 2.45) is 0 Å². The van der Waals surface area contributed by atoms with Crippen LogP contribution in [0.4, 0.5) is 13.2 Å². The van der Waals surface area contributed by atoms with Crippen LogP contribution < -0.4 is 0 Å². The van der Waals surface area contributed by atoms with Crippen LogP contribution in [0.15, 0.2) is 18.2 Å². The molecule has 0 fully saturated rings. The van der Waals surface area contributed by atoms with E-state index >= 15 is 0 Å². The lowest BCUT2D eigenvalue weighted by Crippen LogP contribution is -2.17. The van der Waals surface area contributed by atoms with E-state index < -0.39 is 11.9 Å². The van der Waals surface area contributed by atoms with Gasteiger partial charge in [0.15, 0.2) is 5.69 Å². The number of hydrogen-bond acceptors (Lipinski definition) is 4. The first kappa shape index (κ1) is 16.8. The Morgan fingerprint density at radius 1 is 1.29 bits per heavy atom. The summed E-state index contributed by atoms with van der Waals surface area (Å²) in [6.45, 7) is 5.92. The molecule has 0 saturated heterocycles. The van der Waals surface area contributed by atoms with Gasteiger partial charge in [-0.05, 0) is 32.9 Å². The zero-order chi connectivity index (χ0) is 16.3. The van der Waals surface area contributed by atoms with Crippen molar-refractivity contribution in [3.63, 3.8) is 0 Å². The number of carbonyl (C=O) groups is 1. The summed E-state index contributed by atoms with van der Waals surface area (Å²) in [7, 11) is 0. The van der Waals surface area contributed by atoms with Crippen LogP contribution in [0.2, 0.25) is 0 Å². The monoisotopic (exact) mass is 304 g/mol. The molecule has 0 atom stereocenters. The average Bonchev–Trinajstić information content (AvgIpc) is 2.70. The maximum absolute atomic E-state index is 12.3. The minimum absolute atomic E-state index is 0.0460. The highest BCUT2D eigenvalue weighted by Crippen LogP contribution is 2.33. The molecule has 0 amide bonds. The minimum atomic E-state index is -4.48. The molecule has 1 heterocycles. The van der Waals surface area contributed by atoms with Gasteiger partial charge in [0, 0.05) is 11.5 Å². The molecule has 21 heavy (non-hydrogen) atoms. The number of phenolic OH excluding ortho intramolecular Hbond substituents is 1. The quantitative estimate of drug-likeness (QED) is 0.793. The van der Waals surface area contributed by atoms with E-state index in [0.717, 1.165) is 0 Å². The summed E-state index contributed by atoms with van der Waals surface area (Å²) >= 11 is 0. The zero-order valence-corrected chi connectivity index (χ0v) is 11.7. The Kier molecular flexibility index (Phi) is 4.82. The number of aromatic amines is 1. The van der Waals surface area contributed by atoms with Crippen molar-refractivity contribution in [1.29, 1.82) is 0 Å². The number of halogens is 3. The third kappa shape index (κ3) is 4.97. The predicted octanol–water partition coefficient (Wildman–Crippen LogP) is 3.25. The summed E-state index contributed by atoms with van der Waals surface area (Å²) in [5, 5.41) is 14.3. The lowest BCUT2D eigenvalue weighted by molar-refractivity contribution is -0.140. The highest BCUT2D eigenvalue weighted by molar-refractivity contribution is 5.83. The van der Waals surface area contributed by atoms with Gasteiger partial charge in [-0.1, -0.05) is 0 Å². The van der Waals surface area contributed by atoms with Crippen LogP contribution in [0, 0.1) is 0 Å². The number of fused-ring (bicyclic) bond motifs is 1. The smallest absolute Gasteiger partial charge is 0.435 e. The van der Waals surface area contributed by atoms with Crippen LogP contribution in [-0.4, -0.2) is 27.4 Å². The van der Waals surface area contributed by atoms with Gasteiger partial charge in [0.2, 0.25) is 0 Å². The predicted molar refractivity (Wildman–Crippen MR) is 69.7 cm³/mol. The Balaban J connectivity index is 0.000000270. The Morgan fingerprint density at radius 2 is 1.90 bits per heavy atom. The normalized spacial score (nSPS) is 11.7. The number of aromatic hydroxyl groups is 1. The Morgan fingerprint density at radius 3 is 2.33 bits per heavy atom. The molecule has 0 aliphatic heterocycles. The molecule has 0 bridgehead atoms. The number of hydrogen-bond donors (Lipinski definition) is 2. The van der Waals surface area contributed by atoms with Crippen LogP contribution >= 0.6 is 0 Å². The van der Waals surface area contributed by atoms with E-state index in [9.17, 15) is 18.0 Å². The molecule has 5 nitrogen and oxygen atoms in total. The maximum Gasteiger partial charge on any atom is 0.435 e. The maximum atomic E-state index is 12.3. The second-order valence-electron chi connectivity index (χ2n) is 5.13. The Hall–Kier alpha value is -2.25.